The smallest absolute Gasteiger partial charge is 0.281 e. The van der Waals surface area contributed by atoms with E-state index >= 15 is 0 Å². The third kappa shape index (κ3) is 28.2. The summed E-state index contributed by atoms with van der Waals surface area (Å²) in [5, 5.41) is -0.852. The first-order valence-electron chi connectivity index (χ1n) is 37.1. The molecule has 2 unspecified atom stereocenters. The molecule has 0 saturated heterocycles. The van der Waals surface area contributed by atoms with E-state index in [0.717, 1.165) is 0 Å². The van der Waals surface area contributed by atoms with E-state index < -0.39 is 65.2 Å². The maximum absolute atomic E-state index is 14.5. The van der Waals surface area contributed by atoms with E-state index in [2.05, 4.69) is 72.0 Å². The molecular weight excluding hydrogens is 1540 g/mol. The van der Waals surface area contributed by atoms with Crippen LogP contribution in [0.3, 0.4) is 0 Å². The van der Waals surface area contributed by atoms with Crippen LogP contribution in [0.4, 0.5) is 13.2 Å². The van der Waals surface area contributed by atoms with Crippen LogP contribution in [0.25, 0.3) is 33.8 Å². The second kappa shape index (κ2) is 40.3. The van der Waals surface area contributed by atoms with Crippen molar-refractivity contribution < 1.29 is 89.8 Å². The summed E-state index contributed by atoms with van der Waals surface area (Å²) in [5.41, 5.74) is 3.03. The Labute approximate surface area is 681 Å². The summed E-state index contributed by atoms with van der Waals surface area (Å²) < 4.78 is 161. The Morgan fingerprint density at radius 2 is 0.783 bits per heavy atom. The molecule has 9 rings (SSSR count). The molecule has 9 aromatic rings. The third-order valence-corrected chi connectivity index (χ3v) is 19.8. The molecular formula is C85H112F3N9O15S3. The number of rotatable bonds is 30. The van der Waals surface area contributed by atoms with Gasteiger partial charge in [0.15, 0.2) is 15.1 Å². The minimum absolute atomic E-state index is 0. The average molecular weight is 1650 g/mol. The van der Waals surface area contributed by atoms with E-state index in [1.807, 2.05) is 80.9 Å². The van der Waals surface area contributed by atoms with Crippen molar-refractivity contribution in [2.45, 2.75) is 171 Å². The first kappa shape index (κ1) is 91.2. The number of halogens is 3. The number of nitrogens with one attached hydrogen (secondary N) is 3. The van der Waals surface area contributed by atoms with Crippen LogP contribution in [0.15, 0.2) is 161 Å². The van der Waals surface area contributed by atoms with Crippen molar-refractivity contribution >= 4 is 47.8 Å². The second-order valence-electron chi connectivity index (χ2n) is 30.5. The molecule has 24 nitrogen and oxygen atoms in total. The lowest BCUT2D eigenvalue weighted by Gasteiger charge is -2.30. The molecule has 0 aliphatic carbocycles. The Hall–Kier alpha value is -11.0. The zero-order valence-corrected chi connectivity index (χ0v) is 70.3. The van der Waals surface area contributed by atoms with E-state index in [4.69, 9.17) is 28.4 Å². The lowest BCUT2D eigenvalue weighted by atomic mass is 9.87. The molecule has 3 aromatic carbocycles. The van der Waals surface area contributed by atoms with E-state index in [9.17, 15) is 52.8 Å². The molecule has 115 heavy (non-hydrogen) atoms. The van der Waals surface area contributed by atoms with Crippen LogP contribution in [0.5, 0.6) is 34.9 Å². The third-order valence-electron chi connectivity index (χ3n) is 16.1. The van der Waals surface area contributed by atoms with Crippen LogP contribution in [-0.4, -0.2) is 112 Å². The average Bonchev–Trinajstić information content (AvgIpc) is 0.799. The van der Waals surface area contributed by atoms with Gasteiger partial charge in [-0.3, -0.25) is 14.4 Å². The topological polar surface area (TPSA) is 322 Å². The molecule has 0 spiro atoms. The molecule has 0 aliphatic heterocycles. The number of amides is 3. The largest absolute Gasteiger partial charge is 0.493 e. The highest BCUT2D eigenvalue weighted by Gasteiger charge is 2.32. The lowest BCUT2D eigenvalue weighted by Crippen LogP contribution is -2.34. The van der Waals surface area contributed by atoms with Crippen molar-refractivity contribution in [3.05, 3.63) is 197 Å². The number of sulfonamides is 3. The fraction of sp³-hybridized carbons (Fsp3) is 0.376. The van der Waals surface area contributed by atoms with Gasteiger partial charge in [-0.2, -0.15) is 25.3 Å². The molecule has 3 N–H and O–H groups in total. The van der Waals surface area contributed by atoms with Gasteiger partial charge < -0.3 is 28.4 Å². The molecule has 626 valence electrons. The van der Waals surface area contributed by atoms with Gasteiger partial charge in [0.25, 0.3) is 47.8 Å². The summed E-state index contributed by atoms with van der Waals surface area (Å²) in [7, 11) is -12.8. The van der Waals surface area contributed by atoms with Gasteiger partial charge >= 0.3 is 0 Å². The number of carbonyl (C=O) groups is 3. The van der Waals surface area contributed by atoms with Crippen LogP contribution < -0.4 is 42.6 Å². The molecule has 0 saturated carbocycles. The summed E-state index contributed by atoms with van der Waals surface area (Å²) in [5.74, 6) is 2.82. The van der Waals surface area contributed by atoms with E-state index in [-0.39, 0.29) is 105 Å². The van der Waals surface area contributed by atoms with Gasteiger partial charge in [-0.15, -0.1) is 11.8 Å². The van der Waals surface area contributed by atoms with Crippen molar-refractivity contribution in [1.29, 1.82) is 0 Å². The van der Waals surface area contributed by atoms with Crippen molar-refractivity contribution in [3.8, 4) is 80.5 Å². The number of aromatic nitrogens is 6. The van der Waals surface area contributed by atoms with Crippen LogP contribution in [-0.2, 0) is 30.1 Å². The van der Waals surface area contributed by atoms with Crippen molar-refractivity contribution in [2.24, 2.45) is 28.6 Å². The second-order valence-corrected chi connectivity index (χ2v) is 35.4. The number of hydrogen-bond acceptors (Lipinski definition) is 21. The Balaban J connectivity index is 0.000000886. The molecule has 3 amide bonds. The van der Waals surface area contributed by atoms with Gasteiger partial charge in [0.1, 0.15) is 64.1 Å². The monoisotopic (exact) mass is 1650 g/mol. The molecule has 2 atom stereocenters. The molecule has 6 heterocycles. The van der Waals surface area contributed by atoms with Crippen molar-refractivity contribution in [3.63, 3.8) is 0 Å². The first-order chi connectivity index (χ1) is 53.9. The molecule has 0 radical (unpaired) electrons. The van der Waals surface area contributed by atoms with Gasteiger partial charge in [0, 0.05) is 67.0 Å². The maximum atomic E-state index is 14.5. The van der Waals surface area contributed by atoms with Gasteiger partial charge in [-0.25, -0.2) is 57.2 Å². The van der Waals surface area contributed by atoms with Gasteiger partial charge in [-0.05, 0) is 185 Å². The molecule has 0 fully saturated rings. The van der Waals surface area contributed by atoms with Gasteiger partial charge in [0.2, 0.25) is 17.6 Å². The summed E-state index contributed by atoms with van der Waals surface area (Å²) in [4.78, 5) is 64.9. The molecule has 30 heteroatoms. The van der Waals surface area contributed by atoms with Crippen LogP contribution >= 0.6 is 0 Å². The number of hydrogen-bond donors (Lipinski definition) is 3. The van der Waals surface area contributed by atoms with Crippen LogP contribution in [0.2, 0.25) is 0 Å². The predicted molar refractivity (Wildman–Crippen MR) is 445 cm³/mol. The standard InChI is InChI=1S/2C29H36FN3O5S.C27H28FN3O5S.6H2/c1-18(2)17-37-23-14-21(13-22(30)15-23)25-12-11-24(28(32-25)38-20(4)16-29(5,6)7)27(34)33-39(35,36)26-10-8-9-19(3)31-26;1-8-25(29(5,6)7)38-28-23(27(34)33-39(35,36)26-11-9-10-19(4)31-26)12-13-24(32-28)20-14-21(30)16-22(15-20)37-17-18(2)3;1-5-6-7-13-35-27-23(26(32)31-37(33,34)25-10-8-9-19(4)29-25)11-12-24(30-27)20-14-21(28)16-22(15-20)36-17-18(2)3;;;;;;/h8-15,18,20H,16-17H2,1-7H3,(H,33,34);9-16,18,25H,8,17H2,1-7H3,(H,33,34);8-12,14-16,18H,7,13,17H2,1-4H3,(H,31,32);6*1H. The zero-order valence-electron chi connectivity index (χ0n) is 67.9. The van der Waals surface area contributed by atoms with Gasteiger partial charge in [0.05, 0.1) is 43.0 Å². The Kier molecular flexibility index (Phi) is 32.0. The summed E-state index contributed by atoms with van der Waals surface area (Å²) >= 11 is 0. The molecule has 6 aromatic heterocycles. The summed E-state index contributed by atoms with van der Waals surface area (Å²) in [6.45, 7) is 35.8. The maximum Gasteiger partial charge on any atom is 0.281 e. The van der Waals surface area contributed by atoms with Crippen molar-refractivity contribution in [2.75, 3.05) is 26.4 Å². The number of aryl methyl sites for hydroxylation is 3. The van der Waals surface area contributed by atoms with E-state index in [1.54, 1.807) is 76.2 Å². The summed E-state index contributed by atoms with van der Waals surface area (Å²) in [6.07, 6.45) is 0.904. The van der Waals surface area contributed by atoms with Gasteiger partial charge in [-0.1, -0.05) is 108 Å². The first-order valence-corrected chi connectivity index (χ1v) is 41.6. The van der Waals surface area contributed by atoms with Crippen LogP contribution in [0, 0.1) is 78.6 Å². The Bertz CT molecular complexity index is 5390. The number of ether oxygens (including phenoxy) is 6. The number of carbonyl (C=O) groups excluding carboxylic acids is 3. The zero-order chi connectivity index (χ0) is 84.9. The van der Waals surface area contributed by atoms with E-state index in [1.165, 1.54) is 97.1 Å². The fourth-order valence-electron chi connectivity index (χ4n) is 10.9. The lowest BCUT2D eigenvalue weighted by molar-refractivity contribution is 0.0757. The number of benzene rings is 3. The molecule has 0 bridgehead atoms. The normalized spacial score (nSPS) is 12.2. The molecule has 0 aliphatic rings. The van der Waals surface area contributed by atoms with Crippen LogP contribution in [0.1, 0.15) is 180 Å². The number of nitrogens with zero attached hydrogens (tertiary/aromatic N) is 6. The predicted octanol–water partition coefficient (Wildman–Crippen LogP) is 17.9. The van der Waals surface area contributed by atoms with Crippen molar-refractivity contribution in [1.82, 2.24) is 44.1 Å². The van der Waals surface area contributed by atoms with E-state index in [0.29, 0.717) is 107 Å². The summed E-state index contributed by atoms with van der Waals surface area (Å²) in [6, 6.07) is 34.8. The fourth-order valence-corrected chi connectivity index (χ4v) is 13.8. The highest BCUT2D eigenvalue weighted by Crippen LogP contribution is 2.35. The minimum atomic E-state index is -4.26. The number of pyridine rings is 6. The Morgan fingerprint density at radius 3 is 1.09 bits per heavy atom. The SMILES string of the molecule is CC#CCCOc1nc(-c2cc(F)cc(OCC(C)C)c2)ccc1C(=O)NS(=O)(=O)c1cccc(C)n1.CCC(Oc1nc(-c2cc(F)cc(OCC(C)C)c2)ccc1C(=O)NS(=O)(=O)c1cccc(C)n1)C(C)(C)C.Cc1cccc(S(=O)(=O)NC(=O)c2ccc(-c3cc(F)cc(OCC(C)C)c3)nc2OC(C)CC(C)(C)C)n1.[HH].[HH].[HH].[HH].[HH].[HH]. The minimum Gasteiger partial charge on any atom is -0.493 e. The quantitative estimate of drug-likeness (QED) is 0.0278. The Morgan fingerprint density at radius 1 is 0.452 bits per heavy atom. The highest BCUT2D eigenvalue weighted by molar-refractivity contribution is 7.90. The highest BCUT2D eigenvalue weighted by atomic mass is 32.2.